The Balaban J connectivity index is 1.95. The van der Waals surface area contributed by atoms with Crippen LogP contribution < -0.4 is 10.5 Å². The molecule has 3 rings (SSSR count). The predicted molar refractivity (Wildman–Crippen MR) is 116 cm³/mol. The van der Waals surface area contributed by atoms with Crippen LogP contribution in [0.1, 0.15) is 34.3 Å². The normalized spacial score (nSPS) is 16.9. The molecule has 1 aliphatic rings. The van der Waals surface area contributed by atoms with Crippen LogP contribution in [0.25, 0.3) is 0 Å². The monoisotopic (exact) mass is 449 g/mol. The van der Waals surface area contributed by atoms with Gasteiger partial charge < -0.3 is 10.6 Å². The molecule has 0 unspecified atom stereocenters. The Bertz CT molecular complexity index is 1100. The van der Waals surface area contributed by atoms with E-state index in [0.29, 0.717) is 30.0 Å². The first-order valence-electron chi connectivity index (χ1n) is 9.56. The molecule has 3 N–H and O–H groups in total. The van der Waals surface area contributed by atoms with Crippen molar-refractivity contribution in [2.75, 3.05) is 17.8 Å². The van der Waals surface area contributed by atoms with Gasteiger partial charge in [-0.15, -0.1) is 0 Å². The molecule has 2 aromatic rings. The Morgan fingerprint density at radius 3 is 2.60 bits per heavy atom. The minimum absolute atomic E-state index is 0.126. The molecule has 1 heterocycles. The minimum atomic E-state index is -3.93. The highest BCUT2D eigenvalue weighted by Crippen LogP contribution is 2.28. The summed E-state index contributed by atoms with van der Waals surface area (Å²) in [7, 11) is -3.93. The number of hydrogen-bond donors (Lipinski definition) is 2. The van der Waals surface area contributed by atoms with Crippen LogP contribution in [0.2, 0.25) is 5.02 Å². The summed E-state index contributed by atoms with van der Waals surface area (Å²) in [6.07, 6.45) is 1.27. The summed E-state index contributed by atoms with van der Waals surface area (Å²) in [6.45, 7) is 4.17. The topological polar surface area (TPSA) is 110 Å². The van der Waals surface area contributed by atoms with Crippen LogP contribution in [0.5, 0.6) is 0 Å². The van der Waals surface area contributed by atoms with Crippen LogP contribution in [0.3, 0.4) is 0 Å². The lowest BCUT2D eigenvalue weighted by Crippen LogP contribution is -2.44. The van der Waals surface area contributed by atoms with Gasteiger partial charge in [0.05, 0.1) is 22.1 Å². The molecule has 30 heavy (non-hydrogen) atoms. The Labute approximate surface area is 181 Å². The number of amides is 2. The van der Waals surface area contributed by atoms with Gasteiger partial charge in [-0.3, -0.25) is 14.3 Å². The molecule has 0 spiro atoms. The number of aryl methyl sites for hydroxylation is 2. The van der Waals surface area contributed by atoms with Gasteiger partial charge in [0.2, 0.25) is 5.91 Å². The fourth-order valence-corrected chi connectivity index (χ4v) is 5.13. The van der Waals surface area contributed by atoms with Crippen LogP contribution in [0.4, 0.5) is 5.69 Å². The van der Waals surface area contributed by atoms with Gasteiger partial charge >= 0.3 is 0 Å². The fraction of sp³-hybridized carbons (Fsp3) is 0.333. The zero-order valence-electron chi connectivity index (χ0n) is 16.8. The van der Waals surface area contributed by atoms with Gasteiger partial charge in [0.25, 0.3) is 15.9 Å². The standard InChI is InChI=1S/C21H24ClN3O4S/c1-13-5-6-14(2)19(10-13)30(28,29)24-18-8-7-16(22)11-17(18)21(27)25-9-3-4-15(12-25)20(23)26/h5-8,10-11,15,24H,3-4,9,12H2,1-2H3,(H2,23,26)/t15-/m0/s1. The number of likely N-dealkylation sites (tertiary alicyclic amines) is 1. The minimum Gasteiger partial charge on any atom is -0.369 e. The number of anilines is 1. The maximum Gasteiger partial charge on any atom is 0.262 e. The molecule has 9 heteroatoms. The highest BCUT2D eigenvalue weighted by Gasteiger charge is 2.29. The number of carbonyl (C=O) groups excluding carboxylic acids is 2. The summed E-state index contributed by atoms with van der Waals surface area (Å²) in [5.41, 5.74) is 7.06. The Kier molecular flexibility index (Phi) is 6.38. The highest BCUT2D eigenvalue weighted by atomic mass is 35.5. The number of primary amides is 1. The number of halogens is 1. The van der Waals surface area contributed by atoms with Crippen molar-refractivity contribution in [3.63, 3.8) is 0 Å². The zero-order chi connectivity index (χ0) is 22.1. The first-order valence-corrected chi connectivity index (χ1v) is 11.4. The van der Waals surface area contributed by atoms with E-state index in [1.54, 1.807) is 26.0 Å². The summed E-state index contributed by atoms with van der Waals surface area (Å²) in [5.74, 6) is -1.27. The second-order valence-corrected chi connectivity index (χ2v) is 9.64. The third kappa shape index (κ3) is 4.76. The average Bonchev–Trinajstić information content (AvgIpc) is 2.70. The van der Waals surface area contributed by atoms with Crippen molar-refractivity contribution in [2.24, 2.45) is 11.7 Å². The van der Waals surface area contributed by atoms with E-state index in [9.17, 15) is 18.0 Å². The van der Waals surface area contributed by atoms with Crippen molar-refractivity contribution in [2.45, 2.75) is 31.6 Å². The van der Waals surface area contributed by atoms with Crippen molar-refractivity contribution in [1.82, 2.24) is 4.90 Å². The average molecular weight is 450 g/mol. The van der Waals surface area contributed by atoms with E-state index >= 15 is 0 Å². The van der Waals surface area contributed by atoms with Crippen LogP contribution in [0, 0.1) is 19.8 Å². The van der Waals surface area contributed by atoms with Gasteiger partial charge in [-0.05, 0) is 62.1 Å². The second-order valence-electron chi connectivity index (χ2n) is 7.56. The lowest BCUT2D eigenvalue weighted by atomic mass is 9.96. The molecule has 1 atom stereocenters. The Morgan fingerprint density at radius 1 is 1.17 bits per heavy atom. The van der Waals surface area contributed by atoms with E-state index in [1.165, 1.54) is 23.1 Å². The Hall–Kier alpha value is -2.58. The van der Waals surface area contributed by atoms with E-state index in [-0.39, 0.29) is 22.7 Å². The number of carbonyl (C=O) groups is 2. The molecule has 0 aliphatic carbocycles. The lowest BCUT2D eigenvalue weighted by Gasteiger charge is -2.31. The van der Waals surface area contributed by atoms with E-state index in [2.05, 4.69) is 4.72 Å². The molecule has 0 saturated carbocycles. The molecule has 1 fully saturated rings. The van der Waals surface area contributed by atoms with Gasteiger partial charge in [-0.2, -0.15) is 0 Å². The third-order valence-electron chi connectivity index (χ3n) is 5.20. The first kappa shape index (κ1) is 22.1. The number of rotatable bonds is 5. The molecule has 2 aromatic carbocycles. The maximum atomic E-state index is 13.2. The summed E-state index contributed by atoms with van der Waals surface area (Å²) >= 11 is 6.09. The number of nitrogens with zero attached hydrogens (tertiary/aromatic N) is 1. The van der Waals surface area contributed by atoms with E-state index in [0.717, 1.165) is 5.56 Å². The van der Waals surface area contributed by atoms with E-state index in [4.69, 9.17) is 17.3 Å². The van der Waals surface area contributed by atoms with Crippen LogP contribution in [0.15, 0.2) is 41.3 Å². The SMILES string of the molecule is Cc1ccc(C)c(S(=O)(=O)Nc2ccc(Cl)cc2C(=O)N2CCC[C@H](C(N)=O)C2)c1. The molecular weight excluding hydrogens is 426 g/mol. The fourth-order valence-electron chi connectivity index (χ4n) is 3.54. The predicted octanol–water partition coefficient (Wildman–Crippen LogP) is 3.10. The molecule has 0 aromatic heterocycles. The van der Waals surface area contributed by atoms with Crippen LogP contribution >= 0.6 is 11.6 Å². The first-order chi connectivity index (χ1) is 14.1. The highest BCUT2D eigenvalue weighted by molar-refractivity contribution is 7.92. The maximum absolute atomic E-state index is 13.2. The quantitative estimate of drug-likeness (QED) is 0.730. The molecule has 1 saturated heterocycles. The van der Waals surface area contributed by atoms with Crippen molar-refractivity contribution in [1.29, 1.82) is 0 Å². The van der Waals surface area contributed by atoms with Crippen molar-refractivity contribution in [3.05, 3.63) is 58.1 Å². The molecule has 160 valence electrons. The van der Waals surface area contributed by atoms with Crippen molar-refractivity contribution < 1.29 is 18.0 Å². The number of sulfonamides is 1. The molecule has 1 aliphatic heterocycles. The molecule has 0 radical (unpaired) electrons. The van der Waals surface area contributed by atoms with E-state index < -0.39 is 27.8 Å². The van der Waals surface area contributed by atoms with Gasteiger partial charge in [-0.25, -0.2) is 8.42 Å². The van der Waals surface area contributed by atoms with Gasteiger partial charge in [-0.1, -0.05) is 23.7 Å². The second kappa shape index (κ2) is 8.65. The molecule has 2 amide bonds. The van der Waals surface area contributed by atoms with E-state index in [1.807, 2.05) is 6.07 Å². The van der Waals surface area contributed by atoms with Crippen molar-refractivity contribution >= 4 is 39.1 Å². The summed E-state index contributed by atoms with van der Waals surface area (Å²) < 4.78 is 28.6. The molecule has 7 nitrogen and oxygen atoms in total. The van der Waals surface area contributed by atoms with Gasteiger partial charge in [0.1, 0.15) is 0 Å². The smallest absolute Gasteiger partial charge is 0.262 e. The molecule has 0 bridgehead atoms. The number of nitrogens with one attached hydrogen (secondary N) is 1. The number of benzene rings is 2. The zero-order valence-corrected chi connectivity index (χ0v) is 18.4. The van der Waals surface area contributed by atoms with Crippen molar-refractivity contribution in [3.8, 4) is 0 Å². The molecular formula is C21H24ClN3O4S. The Morgan fingerprint density at radius 2 is 1.90 bits per heavy atom. The van der Waals surface area contributed by atoms with Gasteiger partial charge in [0.15, 0.2) is 0 Å². The summed E-state index contributed by atoms with van der Waals surface area (Å²) in [5, 5.41) is 0.302. The summed E-state index contributed by atoms with van der Waals surface area (Å²) in [6, 6.07) is 9.55. The van der Waals surface area contributed by atoms with Crippen LogP contribution in [-0.4, -0.2) is 38.2 Å². The lowest BCUT2D eigenvalue weighted by molar-refractivity contribution is -0.123. The number of hydrogen-bond acceptors (Lipinski definition) is 4. The van der Waals surface area contributed by atoms with Crippen LogP contribution in [-0.2, 0) is 14.8 Å². The van der Waals surface area contributed by atoms with Gasteiger partial charge in [0, 0.05) is 18.1 Å². The largest absolute Gasteiger partial charge is 0.369 e. The third-order valence-corrected chi connectivity index (χ3v) is 6.94. The summed E-state index contributed by atoms with van der Waals surface area (Å²) in [4.78, 5) is 26.4. The number of nitrogens with two attached hydrogens (primary N) is 1. The number of piperidine rings is 1.